The molecule has 0 spiro atoms. The molecule has 1 unspecified atom stereocenters. The highest BCUT2D eigenvalue weighted by Gasteiger charge is 2.20. The molecule has 0 aliphatic carbocycles. The third-order valence-corrected chi connectivity index (χ3v) is 2.71. The fourth-order valence-corrected chi connectivity index (χ4v) is 1.71. The number of nitrogens with zero attached hydrogens (tertiary/aromatic N) is 1. The third kappa shape index (κ3) is 3.55. The van der Waals surface area contributed by atoms with E-state index >= 15 is 0 Å². The van der Waals surface area contributed by atoms with E-state index in [4.69, 9.17) is 5.11 Å². The summed E-state index contributed by atoms with van der Waals surface area (Å²) < 4.78 is 0. The topological polar surface area (TPSA) is 79.3 Å². The van der Waals surface area contributed by atoms with Crippen LogP contribution in [-0.2, 0) is 11.2 Å². The van der Waals surface area contributed by atoms with E-state index in [9.17, 15) is 9.59 Å². The van der Waals surface area contributed by atoms with Crippen LogP contribution in [0.15, 0.2) is 18.5 Å². The van der Waals surface area contributed by atoms with Crippen LogP contribution in [-0.4, -0.2) is 28.0 Å². The van der Waals surface area contributed by atoms with E-state index in [0.29, 0.717) is 24.8 Å². The van der Waals surface area contributed by atoms with Gasteiger partial charge in [-0.25, -0.2) is 4.79 Å². The van der Waals surface area contributed by atoms with Gasteiger partial charge in [0.25, 0.3) is 5.91 Å². The molecule has 0 saturated heterocycles. The number of rotatable bonds is 6. The maximum Gasteiger partial charge on any atom is 0.326 e. The van der Waals surface area contributed by atoms with Gasteiger partial charge < -0.3 is 10.4 Å². The molecule has 1 atom stereocenters. The molecule has 98 valence electrons. The second kappa shape index (κ2) is 6.74. The Morgan fingerprint density at radius 1 is 1.44 bits per heavy atom. The Morgan fingerprint density at radius 3 is 2.72 bits per heavy atom. The number of pyridine rings is 1. The first kappa shape index (κ1) is 14.2. The van der Waals surface area contributed by atoms with E-state index in [1.165, 1.54) is 6.20 Å². The van der Waals surface area contributed by atoms with Gasteiger partial charge in [0.2, 0.25) is 0 Å². The molecule has 1 aromatic heterocycles. The molecule has 5 heteroatoms. The quantitative estimate of drug-likeness (QED) is 0.804. The summed E-state index contributed by atoms with van der Waals surface area (Å²) in [6, 6.07) is 0.777. The van der Waals surface area contributed by atoms with Crippen molar-refractivity contribution in [3.05, 3.63) is 29.6 Å². The fraction of sp³-hybridized carbons (Fsp3) is 0.462. The van der Waals surface area contributed by atoms with Crippen molar-refractivity contribution in [1.82, 2.24) is 10.3 Å². The number of nitrogens with one attached hydrogen (secondary N) is 1. The number of carbonyl (C=O) groups is 2. The lowest BCUT2D eigenvalue weighted by Crippen LogP contribution is -2.41. The number of hydrogen-bond donors (Lipinski definition) is 2. The molecule has 2 N–H and O–H groups in total. The number of carboxylic acid groups (broad SMARTS) is 1. The van der Waals surface area contributed by atoms with Crippen LogP contribution < -0.4 is 5.32 Å². The Kier molecular flexibility index (Phi) is 5.30. The maximum atomic E-state index is 12.0. The standard InChI is InChI=1S/C13H18N2O3/c1-3-5-11(13(17)18)15-12(16)10-6-7-14-8-9(10)4-2/h6-8,11H,3-5H2,1-2H3,(H,15,16)(H,17,18). The van der Waals surface area contributed by atoms with Gasteiger partial charge in [-0.3, -0.25) is 9.78 Å². The zero-order valence-corrected chi connectivity index (χ0v) is 10.6. The Morgan fingerprint density at radius 2 is 2.17 bits per heavy atom. The summed E-state index contributed by atoms with van der Waals surface area (Å²) in [5.41, 5.74) is 1.31. The number of carbonyl (C=O) groups excluding carboxylic acids is 1. The summed E-state index contributed by atoms with van der Waals surface area (Å²) in [4.78, 5) is 26.9. The monoisotopic (exact) mass is 250 g/mol. The number of aliphatic carboxylic acids is 1. The average Bonchev–Trinajstić information content (AvgIpc) is 2.37. The summed E-state index contributed by atoms with van der Waals surface area (Å²) in [6.45, 7) is 3.81. The van der Waals surface area contributed by atoms with Gasteiger partial charge in [-0.15, -0.1) is 0 Å². The molecular weight excluding hydrogens is 232 g/mol. The van der Waals surface area contributed by atoms with E-state index in [2.05, 4.69) is 10.3 Å². The molecule has 0 fully saturated rings. The van der Waals surface area contributed by atoms with E-state index in [-0.39, 0.29) is 5.91 Å². The highest BCUT2D eigenvalue weighted by atomic mass is 16.4. The summed E-state index contributed by atoms with van der Waals surface area (Å²) in [5, 5.41) is 11.5. The number of amides is 1. The predicted octanol–water partition coefficient (Wildman–Crippen LogP) is 1.63. The number of aromatic nitrogens is 1. The zero-order valence-electron chi connectivity index (χ0n) is 10.6. The van der Waals surface area contributed by atoms with Crippen molar-refractivity contribution in [3.8, 4) is 0 Å². The summed E-state index contributed by atoms with van der Waals surface area (Å²) in [7, 11) is 0. The first-order chi connectivity index (χ1) is 8.60. The van der Waals surface area contributed by atoms with Crippen LogP contribution in [0.5, 0.6) is 0 Å². The molecule has 0 aliphatic rings. The van der Waals surface area contributed by atoms with Gasteiger partial charge in [-0.1, -0.05) is 20.3 Å². The molecule has 1 rings (SSSR count). The molecule has 1 amide bonds. The lowest BCUT2D eigenvalue weighted by molar-refractivity contribution is -0.139. The van der Waals surface area contributed by atoms with E-state index in [1.807, 2.05) is 13.8 Å². The second-order valence-corrected chi connectivity index (χ2v) is 4.04. The summed E-state index contributed by atoms with van der Waals surface area (Å²) >= 11 is 0. The molecule has 0 bridgehead atoms. The van der Waals surface area contributed by atoms with Gasteiger partial charge in [0.15, 0.2) is 0 Å². The third-order valence-electron chi connectivity index (χ3n) is 2.71. The van der Waals surface area contributed by atoms with E-state index in [0.717, 1.165) is 5.56 Å². The first-order valence-corrected chi connectivity index (χ1v) is 6.06. The van der Waals surface area contributed by atoms with Gasteiger partial charge in [-0.2, -0.15) is 0 Å². The molecule has 0 aromatic carbocycles. The van der Waals surface area contributed by atoms with Crippen LogP contribution in [0.4, 0.5) is 0 Å². The van der Waals surface area contributed by atoms with Crippen LogP contribution in [0, 0.1) is 0 Å². The van der Waals surface area contributed by atoms with Gasteiger partial charge in [0.05, 0.1) is 0 Å². The second-order valence-electron chi connectivity index (χ2n) is 4.04. The number of hydrogen-bond acceptors (Lipinski definition) is 3. The Bertz CT molecular complexity index is 432. The van der Waals surface area contributed by atoms with Crippen molar-refractivity contribution in [2.24, 2.45) is 0 Å². The van der Waals surface area contributed by atoms with E-state index in [1.54, 1.807) is 12.3 Å². The van der Waals surface area contributed by atoms with Crippen molar-refractivity contribution in [1.29, 1.82) is 0 Å². The Labute approximate surface area is 106 Å². The molecule has 18 heavy (non-hydrogen) atoms. The molecular formula is C13H18N2O3. The minimum atomic E-state index is -1.00. The zero-order chi connectivity index (χ0) is 13.5. The van der Waals surface area contributed by atoms with Crippen molar-refractivity contribution in [2.45, 2.75) is 39.2 Å². The molecule has 0 saturated carbocycles. The molecule has 1 aromatic rings. The smallest absolute Gasteiger partial charge is 0.326 e. The molecule has 5 nitrogen and oxygen atoms in total. The Hall–Kier alpha value is -1.91. The minimum Gasteiger partial charge on any atom is -0.480 e. The van der Waals surface area contributed by atoms with Gasteiger partial charge in [0.1, 0.15) is 6.04 Å². The summed E-state index contributed by atoms with van der Waals surface area (Å²) in [5.74, 6) is -1.35. The SMILES string of the molecule is CCCC(NC(=O)c1ccncc1CC)C(=O)O. The Balaban J connectivity index is 2.83. The minimum absolute atomic E-state index is 0.352. The van der Waals surface area contributed by atoms with Gasteiger partial charge >= 0.3 is 5.97 Å². The number of aryl methyl sites for hydroxylation is 1. The van der Waals surface area contributed by atoms with Crippen molar-refractivity contribution >= 4 is 11.9 Å². The largest absolute Gasteiger partial charge is 0.480 e. The number of carboxylic acids is 1. The lowest BCUT2D eigenvalue weighted by Gasteiger charge is -2.14. The predicted molar refractivity (Wildman–Crippen MR) is 67.4 cm³/mol. The van der Waals surface area contributed by atoms with Crippen molar-refractivity contribution in [2.75, 3.05) is 0 Å². The van der Waals surface area contributed by atoms with Crippen LogP contribution in [0.1, 0.15) is 42.6 Å². The van der Waals surface area contributed by atoms with Gasteiger partial charge in [-0.05, 0) is 24.5 Å². The lowest BCUT2D eigenvalue weighted by atomic mass is 10.1. The molecule has 0 radical (unpaired) electrons. The highest BCUT2D eigenvalue weighted by Crippen LogP contribution is 2.08. The van der Waals surface area contributed by atoms with E-state index < -0.39 is 12.0 Å². The van der Waals surface area contributed by atoms with Crippen LogP contribution in [0.2, 0.25) is 0 Å². The fourth-order valence-electron chi connectivity index (χ4n) is 1.71. The maximum absolute atomic E-state index is 12.0. The summed E-state index contributed by atoms with van der Waals surface area (Å²) in [6.07, 6.45) is 4.97. The molecule has 0 aliphatic heterocycles. The molecule has 1 heterocycles. The van der Waals surface area contributed by atoms with Crippen LogP contribution in [0.3, 0.4) is 0 Å². The van der Waals surface area contributed by atoms with Gasteiger partial charge in [0, 0.05) is 18.0 Å². The highest BCUT2D eigenvalue weighted by molar-refractivity contribution is 5.97. The van der Waals surface area contributed by atoms with Crippen molar-refractivity contribution < 1.29 is 14.7 Å². The normalized spacial score (nSPS) is 11.9. The van der Waals surface area contributed by atoms with Crippen molar-refractivity contribution in [3.63, 3.8) is 0 Å². The first-order valence-electron chi connectivity index (χ1n) is 6.06. The van der Waals surface area contributed by atoms with Crippen LogP contribution >= 0.6 is 0 Å². The average molecular weight is 250 g/mol. The van der Waals surface area contributed by atoms with Crippen LogP contribution in [0.25, 0.3) is 0 Å².